The number of nitrogens with zero attached hydrogens (tertiary/aromatic N) is 3. The van der Waals surface area contributed by atoms with Gasteiger partial charge in [0.1, 0.15) is 0 Å². The molecule has 0 N–H and O–H groups in total. The lowest BCUT2D eigenvalue weighted by molar-refractivity contribution is -0.384. The number of hydrogen-bond acceptors (Lipinski definition) is 4. The molecule has 0 saturated carbocycles. The fourth-order valence-electron chi connectivity index (χ4n) is 3.22. The van der Waals surface area contributed by atoms with E-state index in [4.69, 9.17) is 0 Å². The molecule has 1 saturated heterocycles. The molecule has 130 valence electrons. The fourth-order valence-corrected chi connectivity index (χ4v) is 3.22. The maximum Gasteiger partial charge on any atom is 0.269 e. The molecule has 0 spiro atoms. The summed E-state index contributed by atoms with van der Waals surface area (Å²) in [5, 5.41) is 10.8. The molecule has 6 nitrogen and oxygen atoms in total. The third-order valence-corrected chi connectivity index (χ3v) is 4.51. The lowest BCUT2D eigenvalue weighted by Gasteiger charge is -2.28. The lowest BCUT2D eigenvalue weighted by Crippen LogP contribution is -2.32. The first kappa shape index (κ1) is 17.0. The van der Waals surface area contributed by atoms with Gasteiger partial charge in [-0.1, -0.05) is 12.1 Å². The summed E-state index contributed by atoms with van der Waals surface area (Å²) >= 11 is 0. The summed E-state index contributed by atoms with van der Waals surface area (Å²) in [4.78, 5) is 27.3. The van der Waals surface area contributed by atoms with E-state index in [1.54, 1.807) is 4.90 Å². The molecule has 1 aliphatic rings. The van der Waals surface area contributed by atoms with Crippen molar-refractivity contribution in [2.45, 2.75) is 19.8 Å². The third kappa shape index (κ3) is 3.47. The number of nitro benzene ring substituents is 1. The summed E-state index contributed by atoms with van der Waals surface area (Å²) in [6.45, 7) is 4.46. The molecule has 1 amide bonds. The van der Waals surface area contributed by atoms with Gasteiger partial charge in [-0.3, -0.25) is 14.9 Å². The van der Waals surface area contributed by atoms with E-state index in [1.165, 1.54) is 24.3 Å². The van der Waals surface area contributed by atoms with E-state index in [2.05, 4.69) is 4.90 Å². The first-order valence-electron chi connectivity index (χ1n) is 8.52. The van der Waals surface area contributed by atoms with Crippen molar-refractivity contribution in [1.82, 2.24) is 0 Å². The van der Waals surface area contributed by atoms with Gasteiger partial charge in [-0.2, -0.15) is 0 Å². The second kappa shape index (κ2) is 7.34. The summed E-state index contributed by atoms with van der Waals surface area (Å²) in [7, 11) is 0. The van der Waals surface area contributed by atoms with Crippen LogP contribution in [0.5, 0.6) is 0 Å². The number of carbonyl (C=O) groups is 1. The van der Waals surface area contributed by atoms with Gasteiger partial charge >= 0.3 is 0 Å². The van der Waals surface area contributed by atoms with Crippen LogP contribution < -0.4 is 9.80 Å². The molecule has 0 bridgehead atoms. The van der Waals surface area contributed by atoms with Gasteiger partial charge in [-0.15, -0.1) is 0 Å². The molecule has 3 rings (SSSR count). The van der Waals surface area contributed by atoms with Crippen LogP contribution >= 0.6 is 0 Å². The molecule has 6 heteroatoms. The van der Waals surface area contributed by atoms with Crippen LogP contribution in [0.25, 0.3) is 0 Å². The van der Waals surface area contributed by atoms with Gasteiger partial charge in [-0.25, -0.2) is 0 Å². The Hall–Kier alpha value is -2.89. The van der Waals surface area contributed by atoms with E-state index in [0.29, 0.717) is 12.1 Å². The molecule has 1 fully saturated rings. The van der Waals surface area contributed by atoms with Gasteiger partial charge in [0.05, 0.1) is 16.3 Å². The Balaban J connectivity index is 1.92. The van der Waals surface area contributed by atoms with Crippen LogP contribution in [0.1, 0.15) is 30.1 Å². The predicted octanol–water partition coefficient (Wildman–Crippen LogP) is 3.86. The average molecular weight is 339 g/mol. The van der Waals surface area contributed by atoms with Crippen LogP contribution in [0.3, 0.4) is 0 Å². The van der Waals surface area contributed by atoms with E-state index in [-0.39, 0.29) is 11.6 Å². The highest BCUT2D eigenvalue weighted by atomic mass is 16.6. The van der Waals surface area contributed by atoms with E-state index in [1.807, 2.05) is 31.2 Å². The van der Waals surface area contributed by atoms with Crippen molar-refractivity contribution < 1.29 is 9.72 Å². The van der Waals surface area contributed by atoms with Crippen LogP contribution in [0, 0.1) is 10.1 Å². The van der Waals surface area contributed by atoms with Gasteiger partial charge in [0, 0.05) is 37.3 Å². The van der Waals surface area contributed by atoms with Gasteiger partial charge in [0.15, 0.2) is 0 Å². The van der Waals surface area contributed by atoms with E-state index in [0.717, 1.165) is 37.3 Å². The maximum absolute atomic E-state index is 13.0. The Bertz CT molecular complexity index is 768. The fraction of sp³-hybridized carbons (Fsp3) is 0.316. The lowest BCUT2D eigenvalue weighted by atomic mass is 10.1. The highest BCUT2D eigenvalue weighted by Gasteiger charge is 2.23. The summed E-state index contributed by atoms with van der Waals surface area (Å²) in [5.74, 6) is -0.149. The van der Waals surface area contributed by atoms with E-state index in [9.17, 15) is 14.9 Å². The standard InChI is InChI=1S/C19H21N3O3/c1-2-21(19(23)15-9-11-16(12-10-15)22(24)25)18-8-4-3-7-17(18)20-13-5-6-14-20/h3-4,7-12H,2,5-6,13-14H2,1H3. The molecule has 0 atom stereocenters. The molecule has 0 aromatic heterocycles. The smallest absolute Gasteiger partial charge is 0.269 e. The molecule has 25 heavy (non-hydrogen) atoms. The number of anilines is 2. The quantitative estimate of drug-likeness (QED) is 0.613. The van der Waals surface area contributed by atoms with Crippen molar-refractivity contribution in [3.8, 4) is 0 Å². The Morgan fingerprint density at radius 2 is 1.76 bits per heavy atom. The third-order valence-electron chi connectivity index (χ3n) is 4.51. The Morgan fingerprint density at radius 1 is 1.12 bits per heavy atom. The summed E-state index contributed by atoms with van der Waals surface area (Å²) in [6, 6.07) is 13.7. The zero-order chi connectivity index (χ0) is 17.8. The second-order valence-corrected chi connectivity index (χ2v) is 6.04. The van der Waals surface area contributed by atoms with Crippen molar-refractivity contribution in [2.75, 3.05) is 29.4 Å². The summed E-state index contributed by atoms with van der Waals surface area (Å²) < 4.78 is 0. The van der Waals surface area contributed by atoms with Crippen molar-refractivity contribution >= 4 is 23.0 Å². The van der Waals surface area contributed by atoms with Crippen LogP contribution in [-0.2, 0) is 0 Å². The molecule has 2 aromatic rings. The monoisotopic (exact) mass is 339 g/mol. The highest BCUT2D eigenvalue weighted by Crippen LogP contribution is 2.32. The molecule has 2 aromatic carbocycles. The number of hydrogen-bond donors (Lipinski definition) is 0. The summed E-state index contributed by atoms with van der Waals surface area (Å²) in [5.41, 5.74) is 2.38. The topological polar surface area (TPSA) is 66.7 Å². The largest absolute Gasteiger partial charge is 0.370 e. The van der Waals surface area contributed by atoms with Gasteiger partial charge in [0.25, 0.3) is 11.6 Å². The second-order valence-electron chi connectivity index (χ2n) is 6.04. The number of benzene rings is 2. The normalized spacial score (nSPS) is 13.7. The molecule has 0 aliphatic carbocycles. The minimum Gasteiger partial charge on any atom is -0.370 e. The van der Waals surface area contributed by atoms with Crippen molar-refractivity contribution in [2.24, 2.45) is 0 Å². The number of para-hydroxylation sites is 2. The Labute approximate surface area is 146 Å². The minimum atomic E-state index is -0.464. The zero-order valence-corrected chi connectivity index (χ0v) is 14.2. The van der Waals surface area contributed by atoms with E-state index >= 15 is 0 Å². The first-order chi connectivity index (χ1) is 12.1. The summed E-state index contributed by atoms with van der Waals surface area (Å²) in [6.07, 6.45) is 2.33. The number of nitro groups is 1. The molecular weight excluding hydrogens is 318 g/mol. The van der Waals surface area contributed by atoms with Gasteiger partial charge in [0.2, 0.25) is 0 Å². The van der Waals surface area contributed by atoms with Crippen LogP contribution in [0.15, 0.2) is 48.5 Å². The number of amides is 1. The number of carbonyl (C=O) groups excluding carboxylic acids is 1. The highest BCUT2D eigenvalue weighted by molar-refractivity contribution is 6.07. The SMILES string of the molecule is CCN(C(=O)c1ccc([N+](=O)[O-])cc1)c1ccccc1N1CCCC1. The minimum absolute atomic E-state index is 0.0166. The van der Waals surface area contributed by atoms with Crippen LogP contribution in [0.4, 0.5) is 17.1 Å². The Kier molecular flexibility index (Phi) is 4.97. The molecular formula is C19H21N3O3. The van der Waals surface area contributed by atoms with Crippen molar-refractivity contribution in [3.05, 3.63) is 64.2 Å². The van der Waals surface area contributed by atoms with Gasteiger partial charge in [-0.05, 0) is 44.0 Å². The maximum atomic E-state index is 13.0. The zero-order valence-electron chi connectivity index (χ0n) is 14.2. The van der Waals surface area contributed by atoms with Crippen LogP contribution in [0.2, 0.25) is 0 Å². The average Bonchev–Trinajstić information content (AvgIpc) is 3.17. The number of rotatable bonds is 5. The van der Waals surface area contributed by atoms with Crippen LogP contribution in [-0.4, -0.2) is 30.5 Å². The molecule has 0 unspecified atom stereocenters. The first-order valence-corrected chi connectivity index (χ1v) is 8.52. The number of non-ortho nitro benzene ring substituents is 1. The van der Waals surface area contributed by atoms with Crippen molar-refractivity contribution in [3.63, 3.8) is 0 Å². The predicted molar refractivity (Wildman–Crippen MR) is 98.3 cm³/mol. The molecule has 1 aliphatic heterocycles. The molecule has 0 radical (unpaired) electrons. The Morgan fingerprint density at radius 3 is 2.36 bits per heavy atom. The molecule has 1 heterocycles. The van der Waals surface area contributed by atoms with Gasteiger partial charge < -0.3 is 9.80 Å². The van der Waals surface area contributed by atoms with E-state index < -0.39 is 4.92 Å². The van der Waals surface area contributed by atoms with Crippen molar-refractivity contribution in [1.29, 1.82) is 0 Å².